The number of amides is 1. The number of benzene rings is 2. The van der Waals surface area contributed by atoms with Crippen LogP contribution in [0.4, 0.5) is 5.13 Å². The van der Waals surface area contributed by atoms with Crippen molar-refractivity contribution in [3.63, 3.8) is 0 Å². The summed E-state index contributed by atoms with van der Waals surface area (Å²) < 4.78 is 49.3. The number of nitrogens with zero attached hydrogens (tertiary/aromatic N) is 2. The Morgan fingerprint density at radius 3 is 2.14 bits per heavy atom. The second kappa shape index (κ2) is 10.4. The average molecular weight is 537 g/mol. The van der Waals surface area contributed by atoms with Gasteiger partial charge in [0.1, 0.15) is 6.61 Å². The molecule has 11 nitrogen and oxygen atoms in total. The van der Waals surface area contributed by atoms with Crippen molar-refractivity contribution in [1.29, 1.82) is 0 Å². The molecule has 2 aromatic carbocycles. The smallest absolute Gasteiger partial charge is 0.339 e. The van der Waals surface area contributed by atoms with E-state index in [-0.39, 0.29) is 32.9 Å². The third-order valence-electron chi connectivity index (χ3n) is 4.48. The quantitative estimate of drug-likeness (QED) is 0.363. The van der Waals surface area contributed by atoms with E-state index in [4.69, 9.17) is 9.88 Å². The minimum atomic E-state index is -3.82. The number of nitrogens with two attached hydrogens (primary N) is 1. The van der Waals surface area contributed by atoms with Gasteiger partial charge in [-0.2, -0.15) is 0 Å². The van der Waals surface area contributed by atoms with E-state index < -0.39 is 19.9 Å². The van der Waals surface area contributed by atoms with Crippen LogP contribution in [0, 0.1) is 0 Å². The molecule has 184 valence electrons. The van der Waals surface area contributed by atoms with Gasteiger partial charge < -0.3 is 10.1 Å². The molecule has 0 saturated heterocycles. The third kappa shape index (κ3) is 6.79. The number of hydrogen-bond acceptors (Lipinski definition) is 10. The molecule has 2 heterocycles. The van der Waals surface area contributed by atoms with Crippen molar-refractivity contribution >= 4 is 59.4 Å². The highest BCUT2D eigenvalue weighted by atomic mass is 32.2. The highest BCUT2D eigenvalue weighted by Gasteiger charge is 2.27. The molecule has 0 radical (unpaired) electrons. The summed E-state index contributed by atoms with van der Waals surface area (Å²) in [4.78, 5) is 22.8. The number of nitrogens with one attached hydrogen (secondary N) is 1. The fourth-order valence-corrected chi connectivity index (χ4v) is 4.97. The molecule has 1 aliphatic heterocycles. The third-order valence-corrected chi connectivity index (χ3v) is 7.76. The summed E-state index contributed by atoms with van der Waals surface area (Å²) in [5.74, 6) is -0.703. The van der Waals surface area contributed by atoms with Gasteiger partial charge in [0, 0.05) is 18.8 Å². The number of rotatable bonds is 5. The first-order valence-corrected chi connectivity index (χ1v) is 14.0. The number of primary sulfonamides is 1. The molecule has 0 saturated carbocycles. The number of aromatic nitrogens is 2. The number of esters is 1. The molecule has 0 unspecified atom stereocenters. The van der Waals surface area contributed by atoms with Gasteiger partial charge in [0.25, 0.3) is 10.0 Å². The Hall–Kier alpha value is -3.46. The minimum Gasteiger partial charge on any atom is -0.457 e. The van der Waals surface area contributed by atoms with Crippen LogP contribution in [-0.2, 0) is 34.2 Å². The minimum absolute atomic E-state index is 0.108. The zero-order chi connectivity index (χ0) is 25.8. The van der Waals surface area contributed by atoms with E-state index in [1.54, 1.807) is 24.3 Å². The van der Waals surface area contributed by atoms with Gasteiger partial charge in [-0.25, -0.2) is 26.8 Å². The maximum atomic E-state index is 12.0. The summed E-state index contributed by atoms with van der Waals surface area (Å²) >= 11 is 0.701. The Morgan fingerprint density at radius 1 is 1.00 bits per heavy atom. The summed E-state index contributed by atoms with van der Waals surface area (Å²) in [6.07, 6.45) is 1.17. The number of carbonyl (C=O) groups excluding carboxylic acids is 2. The second-order valence-electron chi connectivity index (χ2n) is 7.19. The first kappa shape index (κ1) is 26.2. The van der Waals surface area contributed by atoms with Gasteiger partial charge >= 0.3 is 5.97 Å². The van der Waals surface area contributed by atoms with E-state index in [1.165, 1.54) is 13.2 Å². The first-order chi connectivity index (χ1) is 16.4. The maximum absolute atomic E-state index is 12.0. The number of carbonyl (C=O) groups is 2. The summed E-state index contributed by atoms with van der Waals surface area (Å²) in [6.45, 7) is 1.47. The largest absolute Gasteiger partial charge is 0.457 e. The number of cyclic esters (lactones) is 1. The molecule has 14 heteroatoms. The second-order valence-corrected chi connectivity index (χ2v) is 11.9. The summed E-state index contributed by atoms with van der Waals surface area (Å²) in [5, 5.41) is 13.8. The number of sulfone groups is 1. The van der Waals surface area contributed by atoms with Crippen LogP contribution in [-0.4, -0.2) is 51.8 Å². The predicted molar refractivity (Wildman–Crippen MR) is 129 cm³/mol. The fraction of sp³-hybridized carbons (Fsp3) is 0.143. The van der Waals surface area contributed by atoms with E-state index in [9.17, 15) is 26.4 Å². The molecule has 0 spiro atoms. The molecule has 1 amide bonds. The van der Waals surface area contributed by atoms with Gasteiger partial charge in [0.2, 0.25) is 15.4 Å². The van der Waals surface area contributed by atoms with Crippen molar-refractivity contribution in [3.8, 4) is 0 Å². The topological polar surface area (TPSA) is 175 Å². The molecule has 35 heavy (non-hydrogen) atoms. The average Bonchev–Trinajstić information content (AvgIpc) is 3.40. The van der Waals surface area contributed by atoms with Crippen LogP contribution in [0.5, 0.6) is 0 Å². The summed E-state index contributed by atoms with van der Waals surface area (Å²) in [5.41, 5.74) is 2.90. The zero-order valence-electron chi connectivity index (χ0n) is 18.5. The molecule has 3 aromatic rings. The number of anilines is 1. The van der Waals surface area contributed by atoms with Gasteiger partial charge in [0.15, 0.2) is 9.84 Å². The zero-order valence-corrected chi connectivity index (χ0v) is 20.9. The van der Waals surface area contributed by atoms with Gasteiger partial charge in [-0.1, -0.05) is 53.8 Å². The van der Waals surface area contributed by atoms with Crippen LogP contribution >= 0.6 is 11.3 Å². The van der Waals surface area contributed by atoms with Crippen LogP contribution in [0.2, 0.25) is 0 Å². The van der Waals surface area contributed by atoms with E-state index in [0.29, 0.717) is 16.9 Å². The Bertz CT molecular complexity index is 1500. The summed E-state index contributed by atoms with van der Waals surface area (Å²) in [7, 11) is -7.06. The molecular weight excluding hydrogens is 516 g/mol. The van der Waals surface area contributed by atoms with Crippen LogP contribution in [0.25, 0.3) is 11.1 Å². The van der Waals surface area contributed by atoms with Crippen molar-refractivity contribution in [2.75, 3.05) is 18.2 Å². The fourth-order valence-electron chi connectivity index (χ4n) is 2.96. The molecule has 0 aliphatic carbocycles. The molecule has 1 aliphatic rings. The van der Waals surface area contributed by atoms with Crippen LogP contribution < -0.4 is 10.5 Å². The molecular formula is C21H20N4O7S3. The van der Waals surface area contributed by atoms with Crippen molar-refractivity contribution < 1.29 is 31.2 Å². The Balaban J connectivity index is 0.000000225. The lowest BCUT2D eigenvalue weighted by atomic mass is 9.97. The van der Waals surface area contributed by atoms with Crippen LogP contribution in [0.15, 0.2) is 63.8 Å². The molecule has 1 aromatic heterocycles. The standard InChI is InChI=1S/C17H14O4S.C4H6N4O3S2/c1-22(19,20)14-9-7-12(8-10-14)15-11-21-17(18)16(15)13-5-3-2-4-6-13;1-2(9)6-3-7-8-4(12-3)13(5,10)11/h2-10H,11H2,1H3;1H3,(H2,5,10,11)(H,6,7,9). The highest BCUT2D eigenvalue weighted by molar-refractivity contribution is 7.91. The molecule has 4 rings (SSSR count). The number of sulfonamides is 1. The normalized spacial score (nSPS) is 13.6. The van der Waals surface area contributed by atoms with Crippen molar-refractivity contribution in [3.05, 3.63) is 65.7 Å². The Labute approximate surface area is 205 Å². The van der Waals surface area contributed by atoms with Gasteiger partial charge in [-0.3, -0.25) is 4.79 Å². The van der Waals surface area contributed by atoms with Gasteiger partial charge in [-0.05, 0) is 23.3 Å². The predicted octanol–water partition coefficient (Wildman–Crippen LogP) is 1.70. The first-order valence-electron chi connectivity index (χ1n) is 9.76. The molecule has 0 atom stereocenters. The lowest BCUT2D eigenvalue weighted by molar-refractivity contribution is -0.133. The van der Waals surface area contributed by atoms with Gasteiger partial charge in [-0.15, -0.1) is 10.2 Å². The van der Waals surface area contributed by atoms with Crippen molar-refractivity contribution in [2.24, 2.45) is 5.14 Å². The Morgan fingerprint density at radius 2 is 1.63 bits per heavy atom. The van der Waals surface area contributed by atoms with Crippen LogP contribution in [0.1, 0.15) is 18.1 Å². The lowest BCUT2D eigenvalue weighted by Gasteiger charge is -2.05. The highest BCUT2D eigenvalue weighted by Crippen LogP contribution is 2.33. The Kier molecular flexibility index (Phi) is 7.80. The number of ether oxygens (including phenoxy) is 1. The summed E-state index contributed by atoms with van der Waals surface area (Å²) in [6, 6.07) is 15.8. The lowest BCUT2D eigenvalue weighted by Crippen LogP contribution is -2.11. The molecule has 0 bridgehead atoms. The molecule has 3 N–H and O–H groups in total. The monoisotopic (exact) mass is 536 g/mol. The maximum Gasteiger partial charge on any atom is 0.339 e. The van der Waals surface area contributed by atoms with Crippen molar-refractivity contribution in [2.45, 2.75) is 16.2 Å². The van der Waals surface area contributed by atoms with E-state index >= 15 is 0 Å². The SMILES string of the molecule is CC(=O)Nc1nnc(S(N)(=O)=O)s1.CS(=O)(=O)c1ccc(C2=C(c3ccccc3)C(=O)OC2)cc1. The van der Waals surface area contributed by atoms with Crippen molar-refractivity contribution in [1.82, 2.24) is 10.2 Å². The van der Waals surface area contributed by atoms with E-state index in [0.717, 1.165) is 16.7 Å². The van der Waals surface area contributed by atoms with Crippen LogP contribution in [0.3, 0.4) is 0 Å². The van der Waals surface area contributed by atoms with E-state index in [1.807, 2.05) is 30.3 Å². The van der Waals surface area contributed by atoms with E-state index in [2.05, 4.69) is 15.5 Å². The molecule has 0 fully saturated rings. The van der Waals surface area contributed by atoms with Gasteiger partial charge in [0.05, 0.1) is 10.5 Å². The number of hydrogen-bond donors (Lipinski definition) is 2.